The number of urea groups is 1. The molecule has 0 aromatic carbocycles. The van der Waals surface area contributed by atoms with Gasteiger partial charge in [0.05, 0.1) is 16.8 Å². The van der Waals surface area contributed by atoms with Gasteiger partial charge in [0, 0.05) is 37.9 Å². The van der Waals surface area contributed by atoms with Crippen molar-refractivity contribution in [2.75, 3.05) is 20.1 Å². The summed E-state index contributed by atoms with van der Waals surface area (Å²) < 4.78 is 0. The Bertz CT molecular complexity index is 471. The van der Waals surface area contributed by atoms with Crippen LogP contribution in [0.25, 0.3) is 0 Å². The predicted octanol–water partition coefficient (Wildman–Crippen LogP) is 2.22. The Morgan fingerprint density at radius 1 is 1.57 bits per heavy atom. The summed E-state index contributed by atoms with van der Waals surface area (Å²) in [6, 6.07) is -0.131. The molecule has 1 atom stereocenters. The van der Waals surface area contributed by atoms with Crippen molar-refractivity contribution < 1.29 is 9.90 Å². The van der Waals surface area contributed by atoms with Gasteiger partial charge in [0.2, 0.25) is 0 Å². The molecule has 1 fully saturated rings. The standard InChI is InChI=1S/C15H25N3O2S/c1-10(2)14-17-12(9-21-14)6-7-16-15(20)18(3)8-13(19)11-4-5-11/h9-11,13,19H,4-8H2,1-3H3,(H,16,20). The highest BCUT2D eigenvalue weighted by molar-refractivity contribution is 7.09. The van der Waals surface area contributed by atoms with Gasteiger partial charge in [0.15, 0.2) is 0 Å². The van der Waals surface area contributed by atoms with Crippen LogP contribution >= 0.6 is 11.3 Å². The summed E-state index contributed by atoms with van der Waals surface area (Å²) in [6.07, 6.45) is 2.53. The van der Waals surface area contributed by atoms with Gasteiger partial charge >= 0.3 is 6.03 Å². The molecule has 1 aromatic heterocycles. The molecule has 0 aliphatic heterocycles. The maximum absolute atomic E-state index is 11.9. The Kier molecular flexibility index (Phi) is 5.58. The number of amides is 2. The lowest BCUT2D eigenvalue weighted by Crippen LogP contribution is -2.42. The van der Waals surface area contributed by atoms with Gasteiger partial charge in [-0.15, -0.1) is 11.3 Å². The zero-order valence-electron chi connectivity index (χ0n) is 13.0. The van der Waals surface area contributed by atoms with E-state index in [1.54, 1.807) is 23.3 Å². The minimum atomic E-state index is -0.382. The number of nitrogens with one attached hydrogen (secondary N) is 1. The summed E-state index contributed by atoms with van der Waals surface area (Å²) >= 11 is 1.67. The van der Waals surface area contributed by atoms with Gasteiger partial charge in [-0.25, -0.2) is 9.78 Å². The first kappa shape index (κ1) is 16.2. The van der Waals surface area contributed by atoms with E-state index in [0.717, 1.165) is 30.0 Å². The third-order valence-corrected chi connectivity index (χ3v) is 4.89. The van der Waals surface area contributed by atoms with Gasteiger partial charge in [0.25, 0.3) is 0 Å². The Balaban J connectivity index is 1.67. The van der Waals surface area contributed by atoms with Gasteiger partial charge < -0.3 is 15.3 Å². The van der Waals surface area contributed by atoms with Gasteiger partial charge in [-0.2, -0.15) is 0 Å². The fourth-order valence-electron chi connectivity index (χ4n) is 2.13. The number of carbonyl (C=O) groups excluding carboxylic acids is 1. The van der Waals surface area contributed by atoms with E-state index in [0.29, 0.717) is 24.9 Å². The molecular weight excluding hydrogens is 286 g/mol. The summed E-state index contributed by atoms with van der Waals surface area (Å²) in [5.41, 5.74) is 1.03. The third-order valence-electron chi connectivity index (χ3n) is 3.69. The topological polar surface area (TPSA) is 65.5 Å². The lowest BCUT2D eigenvalue weighted by Gasteiger charge is -2.21. The zero-order valence-corrected chi connectivity index (χ0v) is 13.8. The summed E-state index contributed by atoms with van der Waals surface area (Å²) in [6.45, 7) is 5.24. The quantitative estimate of drug-likeness (QED) is 0.811. The maximum Gasteiger partial charge on any atom is 0.317 e. The van der Waals surface area contributed by atoms with E-state index in [2.05, 4.69) is 29.5 Å². The highest BCUT2D eigenvalue weighted by atomic mass is 32.1. The predicted molar refractivity (Wildman–Crippen MR) is 84.7 cm³/mol. The Morgan fingerprint density at radius 2 is 2.29 bits per heavy atom. The summed E-state index contributed by atoms with van der Waals surface area (Å²) in [5.74, 6) is 0.845. The molecule has 0 saturated heterocycles. The normalized spacial score (nSPS) is 16.0. The number of nitrogens with zero attached hydrogens (tertiary/aromatic N) is 2. The molecule has 1 aromatic rings. The van der Waals surface area contributed by atoms with Crippen LogP contribution in [0.3, 0.4) is 0 Å². The van der Waals surface area contributed by atoms with Crippen molar-refractivity contribution in [1.82, 2.24) is 15.2 Å². The maximum atomic E-state index is 11.9. The number of aliphatic hydroxyl groups excluding tert-OH is 1. The van der Waals surface area contributed by atoms with Gasteiger partial charge in [-0.1, -0.05) is 13.8 Å². The molecule has 0 spiro atoms. The molecule has 1 aliphatic carbocycles. The molecule has 1 heterocycles. The molecule has 5 nitrogen and oxygen atoms in total. The van der Waals surface area contributed by atoms with E-state index in [1.807, 2.05) is 0 Å². The van der Waals surface area contributed by atoms with Crippen molar-refractivity contribution in [3.05, 3.63) is 16.1 Å². The van der Waals surface area contributed by atoms with Crippen LogP contribution in [0.2, 0.25) is 0 Å². The van der Waals surface area contributed by atoms with Crippen molar-refractivity contribution in [2.45, 2.75) is 45.1 Å². The van der Waals surface area contributed by atoms with Crippen molar-refractivity contribution in [3.63, 3.8) is 0 Å². The molecule has 2 amide bonds. The Hall–Kier alpha value is -1.14. The molecule has 1 unspecified atom stereocenters. The SMILES string of the molecule is CC(C)c1nc(CCNC(=O)N(C)CC(O)C2CC2)cs1. The largest absolute Gasteiger partial charge is 0.391 e. The highest BCUT2D eigenvalue weighted by Gasteiger charge is 2.31. The van der Waals surface area contributed by atoms with Crippen molar-refractivity contribution in [3.8, 4) is 0 Å². The molecule has 1 aliphatic rings. The highest BCUT2D eigenvalue weighted by Crippen LogP contribution is 2.32. The summed E-state index contributed by atoms with van der Waals surface area (Å²) in [5, 5.41) is 15.9. The van der Waals surface area contributed by atoms with E-state index in [-0.39, 0.29) is 12.1 Å². The number of rotatable bonds is 7. The van der Waals surface area contributed by atoms with Crippen LogP contribution in [-0.4, -0.2) is 47.3 Å². The molecule has 118 valence electrons. The van der Waals surface area contributed by atoms with Crippen LogP contribution in [0.1, 0.15) is 43.3 Å². The number of carbonyl (C=O) groups is 1. The average molecular weight is 311 g/mol. The monoisotopic (exact) mass is 311 g/mol. The van der Waals surface area contributed by atoms with E-state index in [1.165, 1.54) is 0 Å². The molecule has 2 N–H and O–H groups in total. The van der Waals surface area contributed by atoms with Gasteiger partial charge in [-0.05, 0) is 18.8 Å². The van der Waals surface area contributed by atoms with Crippen molar-refractivity contribution >= 4 is 17.4 Å². The molecule has 1 saturated carbocycles. The first-order chi connectivity index (χ1) is 9.97. The second-order valence-electron chi connectivity index (χ2n) is 6.10. The van der Waals surface area contributed by atoms with Crippen LogP contribution in [0.5, 0.6) is 0 Å². The second kappa shape index (κ2) is 7.22. The van der Waals surface area contributed by atoms with Gasteiger partial charge in [-0.3, -0.25) is 0 Å². The van der Waals surface area contributed by atoms with Crippen LogP contribution in [-0.2, 0) is 6.42 Å². The lowest BCUT2D eigenvalue weighted by molar-refractivity contribution is 0.113. The van der Waals surface area contributed by atoms with Crippen LogP contribution in [0, 0.1) is 5.92 Å². The third kappa shape index (κ3) is 4.97. The lowest BCUT2D eigenvalue weighted by atomic mass is 10.2. The molecule has 2 rings (SSSR count). The molecule has 0 radical (unpaired) electrons. The second-order valence-corrected chi connectivity index (χ2v) is 6.99. The van der Waals surface area contributed by atoms with Crippen LogP contribution in [0.4, 0.5) is 4.79 Å². The van der Waals surface area contributed by atoms with Crippen LogP contribution < -0.4 is 5.32 Å². The minimum Gasteiger partial charge on any atom is -0.391 e. The van der Waals surface area contributed by atoms with Crippen molar-refractivity contribution in [2.24, 2.45) is 5.92 Å². The molecule has 21 heavy (non-hydrogen) atoms. The number of hydrogen-bond donors (Lipinski definition) is 2. The summed E-state index contributed by atoms with van der Waals surface area (Å²) in [7, 11) is 1.72. The Morgan fingerprint density at radius 3 is 2.86 bits per heavy atom. The fraction of sp³-hybridized carbons (Fsp3) is 0.733. The number of aliphatic hydroxyl groups is 1. The smallest absolute Gasteiger partial charge is 0.317 e. The first-order valence-corrected chi connectivity index (χ1v) is 8.46. The van der Waals surface area contributed by atoms with E-state index in [9.17, 15) is 9.90 Å². The molecule has 6 heteroatoms. The van der Waals surface area contributed by atoms with Crippen molar-refractivity contribution in [1.29, 1.82) is 0 Å². The molecule has 0 bridgehead atoms. The van der Waals surface area contributed by atoms with Gasteiger partial charge in [0.1, 0.15) is 0 Å². The van der Waals surface area contributed by atoms with Crippen LogP contribution in [0.15, 0.2) is 5.38 Å². The zero-order chi connectivity index (χ0) is 15.4. The minimum absolute atomic E-state index is 0.131. The number of aromatic nitrogens is 1. The average Bonchev–Trinajstić information content (AvgIpc) is 3.18. The first-order valence-electron chi connectivity index (χ1n) is 7.58. The number of hydrogen-bond acceptors (Lipinski definition) is 4. The molecular formula is C15H25N3O2S. The Labute approximate surface area is 130 Å². The van der Waals surface area contributed by atoms with E-state index < -0.39 is 0 Å². The summed E-state index contributed by atoms with van der Waals surface area (Å²) in [4.78, 5) is 18.0. The number of thiazole rings is 1. The fourth-order valence-corrected chi connectivity index (χ4v) is 3.00. The van der Waals surface area contributed by atoms with E-state index >= 15 is 0 Å². The van der Waals surface area contributed by atoms with E-state index in [4.69, 9.17) is 0 Å². The number of likely N-dealkylation sites (N-methyl/N-ethyl adjacent to an activating group) is 1.